The highest BCUT2D eigenvalue weighted by Gasteiger charge is 2.50. The van der Waals surface area contributed by atoms with Crippen molar-refractivity contribution in [1.82, 2.24) is 9.78 Å². The van der Waals surface area contributed by atoms with Crippen LogP contribution in [0.25, 0.3) is 10.9 Å². The molecule has 0 bridgehead atoms. The van der Waals surface area contributed by atoms with E-state index >= 15 is 0 Å². The van der Waals surface area contributed by atoms with E-state index in [9.17, 15) is 0 Å². The lowest BCUT2D eigenvalue weighted by Gasteiger charge is -2.31. The minimum atomic E-state index is 0.0693. The molecule has 112 valence electrons. The van der Waals surface area contributed by atoms with E-state index in [2.05, 4.69) is 24.3 Å². The lowest BCUT2D eigenvalue weighted by molar-refractivity contribution is 0.0400. The number of hydrogen-bond acceptors (Lipinski definition) is 2. The molecule has 1 aromatic heterocycles. The van der Waals surface area contributed by atoms with Crippen LogP contribution in [0.3, 0.4) is 0 Å². The molecule has 3 nitrogen and oxygen atoms in total. The Hall–Kier alpha value is -1.06. The van der Waals surface area contributed by atoms with Crippen molar-refractivity contribution in [2.24, 2.45) is 18.4 Å². The molecule has 4 heteroatoms. The minimum absolute atomic E-state index is 0.0693. The lowest BCUT2D eigenvalue weighted by atomic mass is 9.76. The highest BCUT2D eigenvalue weighted by atomic mass is 35.5. The first-order chi connectivity index (χ1) is 10.2. The number of aryl methyl sites for hydroxylation is 1. The summed E-state index contributed by atoms with van der Waals surface area (Å²) in [5.41, 5.74) is 2.43. The van der Waals surface area contributed by atoms with Gasteiger partial charge in [0.2, 0.25) is 0 Å². The standard InChI is InChI=1S/C17H21ClN2O/c1-20-15-5-3-2-4-13(15)14(19-20)10-17(11-18)8-9-21-16(17)12-6-7-12/h2-5,12,16H,6-11H2,1H3. The van der Waals surface area contributed by atoms with Gasteiger partial charge in [-0.05, 0) is 31.2 Å². The van der Waals surface area contributed by atoms with Crippen LogP contribution in [-0.4, -0.2) is 28.4 Å². The molecular formula is C17H21ClN2O. The Morgan fingerprint density at radius 3 is 2.95 bits per heavy atom. The molecule has 0 amide bonds. The number of para-hydroxylation sites is 1. The summed E-state index contributed by atoms with van der Waals surface area (Å²) in [7, 11) is 2.02. The predicted octanol–water partition coefficient (Wildman–Crippen LogP) is 3.54. The van der Waals surface area contributed by atoms with Crippen molar-refractivity contribution in [2.75, 3.05) is 12.5 Å². The average molecular weight is 305 g/mol. The van der Waals surface area contributed by atoms with E-state index in [-0.39, 0.29) is 5.41 Å². The first-order valence-corrected chi connectivity index (χ1v) is 8.35. The van der Waals surface area contributed by atoms with Gasteiger partial charge in [0.25, 0.3) is 0 Å². The van der Waals surface area contributed by atoms with Gasteiger partial charge in [-0.2, -0.15) is 5.10 Å². The Morgan fingerprint density at radius 1 is 1.38 bits per heavy atom. The van der Waals surface area contributed by atoms with Crippen LogP contribution in [0, 0.1) is 11.3 Å². The monoisotopic (exact) mass is 304 g/mol. The van der Waals surface area contributed by atoms with Gasteiger partial charge < -0.3 is 4.74 Å². The fourth-order valence-electron chi connectivity index (χ4n) is 3.88. The third kappa shape index (κ3) is 2.18. The summed E-state index contributed by atoms with van der Waals surface area (Å²) in [4.78, 5) is 0. The molecule has 2 unspecified atom stereocenters. The summed E-state index contributed by atoms with van der Waals surface area (Å²) in [6.45, 7) is 0.846. The predicted molar refractivity (Wildman–Crippen MR) is 84.7 cm³/mol. The molecule has 0 spiro atoms. The van der Waals surface area contributed by atoms with E-state index in [1.165, 1.54) is 29.4 Å². The van der Waals surface area contributed by atoms with Gasteiger partial charge in [-0.15, -0.1) is 11.6 Å². The molecule has 1 aliphatic heterocycles. The molecule has 2 aromatic rings. The highest BCUT2D eigenvalue weighted by molar-refractivity contribution is 6.18. The van der Waals surface area contributed by atoms with Crippen molar-refractivity contribution in [3.8, 4) is 0 Å². The van der Waals surface area contributed by atoms with Crippen LogP contribution in [0.5, 0.6) is 0 Å². The Bertz CT molecular complexity index is 664. The van der Waals surface area contributed by atoms with Gasteiger partial charge in [-0.25, -0.2) is 0 Å². The molecule has 2 heterocycles. The van der Waals surface area contributed by atoms with Crippen molar-refractivity contribution in [3.05, 3.63) is 30.0 Å². The van der Waals surface area contributed by atoms with Crippen molar-refractivity contribution in [2.45, 2.75) is 31.8 Å². The molecule has 2 aliphatic rings. The molecule has 2 atom stereocenters. The zero-order valence-corrected chi connectivity index (χ0v) is 13.1. The van der Waals surface area contributed by atoms with Gasteiger partial charge in [0.15, 0.2) is 0 Å². The molecule has 1 aliphatic carbocycles. The normalized spacial score (nSPS) is 29.3. The van der Waals surface area contributed by atoms with Crippen LogP contribution >= 0.6 is 11.6 Å². The summed E-state index contributed by atoms with van der Waals surface area (Å²) >= 11 is 6.42. The van der Waals surface area contributed by atoms with Gasteiger partial charge in [0.05, 0.1) is 17.3 Å². The molecule has 21 heavy (non-hydrogen) atoms. The number of benzene rings is 1. The smallest absolute Gasteiger partial charge is 0.0710 e. The number of halogens is 1. The molecule has 1 saturated heterocycles. The summed E-state index contributed by atoms with van der Waals surface area (Å²) in [6, 6.07) is 8.45. The van der Waals surface area contributed by atoms with E-state index in [4.69, 9.17) is 21.4 Å². The number of ether oxygens (including phenoxy) is 1. The summed E-state index contributed by atoms with van der Waals surface area (Å²) in [6.07, 6.45) is 4.91. The summed E-state index contributed by atoms with van der Waals surface area (Å²) in [5.74, 6) is 1.39. The molecule has 0 N–H and O–H groups in total. The Labute approximate surface area is 130 Å². The van der Waals surface area contributed by atoms with Crippen LogP contribution in [-0.2, 0) is 18.2 Å². The Balaban J connectivity index is 1.72. The number of rotatable bonds is 4. The second-order valence-corrected chi connectivity index (χ2v) is 6.91. The van der Waals surface area contributed by atoms with Crippen molar-refractivity contribution in [3.63, 3.8) is 0 Å². The number of aromatic nitrogens is 2. The van der Waals surface area contributed by atoms with Gasteiger partial charge >= 0.3 is 0 Å². The Kier molecular flexibility index (Phi) is 3.23. The molecule has 0 radical (unpaired) electrons. The maximum atomic E-state index is 6.42. The van der Waals surface area contributed by atoms with Gasteiger partial charge in [0.1, 0.15) is 0 Å². The van der Waals surface area contributed by atoms with Crippen LogP contribution in [0.15, 0.2) is 24.3 Å². The molecule has 4 rings (SSSR count). The minimum Gasteiger partial charge on any atom is -0.377 e. The third-order valence-electron chi connectivity index (χ3n) is 5.17. The van der Waals surface area contributed by atoms with Crippen LogP contribution in [0.2, 0.25) is 0 Å². The van der Waals surface area contributed by atoms with Crippen molar-refractivity contribution < 1.29 is 4.74 Å². The Morgan fingerprint density at radius 2 is 2.19 bits per heavy atom. The fraction of sp³-hybridized carbons (Fsp3) is 0.588. The summed E-state index contributed by atoms with van der Waals surface area (Å²) < 4.78 is 8.04. The fourth-order valence-corrected chi connectivity index (χ4v) is 4.26. The van der Waals surface area contributed by atoms with E-state index in [0.717, 1.165) is 25.4 Å². The van der Waals surface area contributed by atoms with Crippen molar-refractivity contribution >= 4 is 22.5 Å². The van der Waals surface area contributed by atoms with Gasteiger partial charge in [-0.3, -0.25) is 4.68 Å². The second-order valence-electron chi connectivity index (χ2n) is 6.64. The second kappa shape index (κ2) is 4.99. The van der Waals surface area contributed by atoms with E-state index in [1.807, 2.05) is 11.7 Å². The van der Waals surface area contributed by atoms with Gasteiger partial charge in [-0.1, -0.05) is 18.2 Å². The van der Waals surface area contributed by atoms with E-state index < -0.39 is 0 Å². The lowest BCUT2D eigenvalue weighted by Crippen LogP contribution is -2.37. The topological polar surface area (TPSA) is 27.1 Å². The quantitative estimate of drug-likeness (QED) is 0.808. The number of hydrogen-bond donors (Lipinski definition) is 0. The molecule has 1 saturated carbocycles. The maximum Gasteiger partial charge on any atom is 0.0710 e. The molecule has 1 aromatic carbocycles. The SMILES string of the molecule is Cn1nc(CC2(CCl)CCOC2C2CC2)c2ccccc21. The number of nitrogens with zero attached hydrogens (tertiary/aromatic N) is 2. The van der Waals surface area contributed by atoms with Crippen molar-refractivity contribution in [1.29, 1.82) is 0 Å². The summed E-state index contributed by atoms with van der Waals surface area (Å²) in [5, 5.41) is 6.02. The first-order valence-electron chi connectivity index (χ1n) is 7.82. The zero-order valence-electron chi connectivity index (χ0n) is 12.4. The zero-order chi connectivity index (χ0) is 14.4. The highest BCUT2D eigenvalue weighted by Crippen LogP contribution is 2.50. The largest absolute Gasteiger partial charge is 0.377 e. The first kappa shape index (κ1) is 13.6. The van der Waals surface area contributed by atoms with E-state index in [1.54, 1.807) is 0 Å². The average Bonchev–Trinajstić information content (AvgIpc) is 3.20. The number of fused-ring (bicyclic) bond motifs is 1. The van der Waals surface area contributed by atoms with E-state index in [0.29, 0.717) is 12.0 Å². The maximum absolute atomic E-state index is 6.42. The van der Waals surface area contributed by atoms with Crippen LogP contribution < -0.4 is 0 Å². The van der Waals surface area contributed by atoms with Gasteiger partial charge in [0, 0.05) is 36.8 Å². The molecule has 2 fully saturated rings. The van der Waals surface area contributed by atoms with Crippen LogP contribution in [0.4, 0.5) is 0 Å². The van der Waals surface area contributed by atoms with Crippen LogP contribution in [0.1, 0.15) is 25.0 Å². The molecular weight excluding hydrogens is 284 g/mol. The number of alkyl halides is 1. The third-order valence-corrected chi connectivity index (χ3v) is 5.70.